The predicted molar refractivity (Wildman–Crippen MR) is 67.2 cm³/mol. The van der Waals surface area contributed by atoms with E-state index >= 15 is 0 Å². The van der Waals surface area contributed by atoms with E-state index in [9.17, 15) is 0 Å². The van der Waals surface area contributed by atoms with Crippen molar-refractivity contribution in [2.45, 2.75) is 26.2 Å². The number of halogens is 1. The molecule has 0 fully saturated rings. The minimum atomic E-state index is 0.865. The van der Waals surface area contributed by atoms with E-state index in [4.69, 9.17) is 10.1 Å². The Hall–Kier alpha value is -0.830. The quantitative estimate of drug-likeness (QED) is 0.811. The Morgan fingerprint density at radius 3 is 2.73 bits per heavy atom. The standard InChI is InChI=1S/C12H16BrNO/c1-3-4-5-10-9(8-14)6-7-11(13)12(10)15-2/h6-8,14H,3-5H2,1-2H3. The van der Waals surface area contributed by atoms with Gasteiger partial charge in [0.1, 0.15) is 5.75 Å². The van der Waals surface area contributed by atoms with Crippen LogP contribution in [0.4, 0.5) is 0 Å². The fourth-order valence-electron chi connectivity index (χ4n) is 1.58. The van der Waals surface area contributed by atoms with Crippen molar-refractivity contribution in [2.24, 2.45) is 0 Å². The molecule has 0 heterocycles. The molecule has 0 bridgehead atoms. The van der Waals surface area contributed by atoms with Gasteiger partial charge in [-0.15, -0.1) is 0 Å². The van der Waals surface area contributed by atoms with Gasteiger partial charge in [-0.3, -0.25) is 0 Å². The van der Waals surface area contributed by atoms with E-state index in [1.54, 1.807) is 7.11 Å². The summed E-state index contributed by atoms with van der Waals surface area (Å²) in [5.74, 6) is 0.865. The second-order valence-electron chi connectivity index (χ2n) is 3.40. The van der Waals surface area contributed by atoms with E-state index in [0.717, 1.165) is 40.6 Å². The van der Waals surface area contributed by atoms with Gasteiger partial charge in [0.2, 0.25) is 0 Å². The maximum atomic E-state index is 7.37. The molecule has 0 unspecified atom stereocenters. The molecule has 1 aromatic rings. The first-order valence-electron chi connectivity index (χ1n) is 5.10. The second kappa shape index (κ2) is 5.91. The summed E-state index contributed by atoms with van der Waals surface area (Å²) in [6.07, 6.45) is 4.62. The molecule has 1 N–H and O–H groups in total. The van der Waals surface area contributed by atoms with Crippen LogP contribution in [0, 0.1) is 5.41 Å². The Morgan fingerprint density at radius 1 is 1.47 bits per heavy atom. The molecule has 1 aromatic carbocycles. The molecule has 82 valence electrons. The molecule has 0 atom stereocenters. The van der Waals surface area contributed by atoms with Gasteiger partial charge in [-0.2, -0.15) is 0 Å². The zero-order valence-corrected chi connectivity index (χ0v) is 10.7. The molecule has 0 radical (unpaired) electrons. The van der Waals surface area contributed by atoms with Crippen molar-refractivity contribution in [2.75, 3.05) is 7.11 Å². The third kappa shape index (κ3) is 2.81. The molecule has 0 aliphatic rings. The van der Waals surface area contributed by atoms with E-state index < -0.39 is 0 Å². The van der Waals surface area contributed by atoms with E-state index in [-0.39, 0.29) is 0 Å². The summed E-state index contributed by atoms with van der Waals surface area (Å²) in [5, 5.41) is 7.37. The van der Waals surface area contributed by atoms with Gasteiger partial charge in [-0.1, -0.05) is 19.4 Å². The summed E-state index contributed by atoms with van der Waals surface area (Å²) < 4.78 is 6.33. The molecule has 1 rings (SSSR count). The average Bonchev–Trinajstić information content (AvgIpc) is 2.26. The molecule has 0 aliphatic heterocycles. The van der Waals surface area contributed by atoms with Crippen molar-refractivity contribution in [3.05, 3.63) is 27.7 Å². The number of ether oxygens (including phenoxy) is 1. The Morgan fingerprint density at radius 2 is 2.20 bits per heavy atom. The lowest BCUT2D eigenvalue weighted by Gasteiger charge is -2.12. The SMILES string of the molecule is CCCCc1c(C=N)ccc(Br)c1OC. The maximum absolute atomic E-state index is 7.37. The smallest absolute Gasteiger partial charge is 0.136 e. The van der Waals surface area contributed by atoms with Gasteiger partial charge in [0.25, 0.3) is 0 Å². The molecule has 15 heavy (non-hydrogen) atoms. The Balaban J connectivity index is 3.14. The van der Waals surface area contributed by atoms with Gasteiger partial charge in [-0.25, -0.2) is 0 Å². The minimum absolute atomic E-state index is 0.865. The third-order valence-electron chi connectivity index (χ3n) is 2.39. The highest BCUT2D eigenvalue weighted by molar-refractivity contribution is 9.10. The summed E-state index contributed by atoms with van der Waals surface area (Å²) >= 11 is 3.46. The van der Waals surface area contributed by atoms with Crippen LogP contribution in [0.25, 0.3) is 0 Å². The first-order chi connectivity index (χ1) is 7.24. The van der Waals surface area contributed by atoms with Gasteiger partial charge in [0.15, 0.2) is 0 Å². The van der Waals surface area contributed by atoms with Crippen LogP contribution in [-0.2, 0) is 6.42 Å². The maximum Gasteiger partial charge on any atom is 0.136 e. The van der Waals surface area contributed by atoms with Crippen LogP contribution >= 0.6 is 15.9 Å². The summed E-state index contributed by atoms with van der Waals surface area (Å²) in [4.78, 5) is 0. The third-order valence-corrected chi connectivity index (χ3v) is 3.01. The topological polar surface area (TPSA) is 33.1 Å². The summed E-state index contributed by atoms with van der Waals surface area (Å²) in [5.41, 5.74) is 2.08. The Kier molecular flexibility index (Phi) is 4.82. The van der Waals surface area contributed by atoms with Gasteiger partial charge >= 0.3 is 0 Å². The first-order valence-corrected chi connectivity index (χ1v) is 5.89. The van der Waals surface area contributed by atoms with Crippen molar-refractivity contribution in [1.82, 2.24) is 0 Å². The summed E-state index contributed by atoms with van der Waals surface area (Å²) in [7, 11) is 1.67. The van der Waals surface area contributed by atoms with Crippen molar-refractivity contribution in [1.29, 1.82) is 5.41 Å². The van der Waals surface area contributed by atoms with Crippen molar-refractivity contribution >= 4 is 22.1 Å². The van der Waals surface area contributed by atoms with Gasteiger partial charge in [0, 0.05) is 11.8 Å². The van der Waals surface area contributed by atoms with Gasteiger partial charge in [0.05, 0.1) is 11.6 Å². The van der Waals surface area contributed by atoms with E-state index in [0.29, 0.717) is 0 Å². The molecule has 3 heteroatoms. The van der Waals surface area contributed by atoms with Crippen LogP contribution in [0.15, 0.2) is 16.6 Å². The zero-order valence-electron chi connectivity index (χ0n) is 9.14. The van der Waals surface area contributed by atoms with E-state index in [1.165, 1.54) is 6.21 Å². The summed E-state index contributed by atoms with van der Waals surface area (Å²) in [6, 6.07) is 3.87. The number of unbranched alkanes of at least 4 members (excludes halogenated alkanes) is 1. The highest BCUT2D eigenvalue weighted by Gasteiger charge is 2.10. The lowest BCUT2D eigenvalue weighted by molar-refractivity contribution is 0.406. The van der Waals surface area contributed by atoms with E-state index in [2.05, 4.69) is 22.9 Å². The van der Waals surface area contributed by atoms with Crippen molar-refractivity contribution in [3.63, 3.8) is 0 Å². The van der Waals surface area contributed by atoms with Crippen LogP contribution in [0.1, 0.15) is 30.9 Å². The Bertz CT molecular complexity index is 350. The normalized spacial score (nSPS) is 10.1. The second-order valence-corrected chi connectivity index (χ2v) is 4.25. The number of hydrogen-bond acceptors (Lipinski definition) is 2. The van der Waals surface area contributed by atoms with Crippen LogP contribution in [0.5, 0.6) is 5.75 Å². The minimum Gasteiger partial charge on any atom is -0.495 e. The fraction of sp³-hybridized carbons (Fsp3) is 0.417. The number of hydrogen-bond donors (Lipinski definition) is 1. The van der Waals surface area contributed by atoms with Crippen molar-refractivity contribution < 1.29 is 4.74 Å². The highest BCUT2D eigenvalue weighted by atomic mass is 79.9. The van der Waals surface area contributed by atoms with Crippen LogP contribution in [-0.4, -0.2) is 13.3 Å². The van der Waals surface area contributed by atoms with Crippen molar-refractivity contribution in [3.8, 4) is 5.75 Å². The number of methoxy groups -OCH3 is 1. The van der Waals surface area contributed by atoms with Crippen LogP contribution < -0.4 is 4.74 Å². The zero-order chi connectivity index (χ0) is 11.3. The van der Waals surface area contributed by atoms with Gasteiger partial charge < -0.3 is 10.1 Å². The lowest BCUT2D eigenvalue weighted by atomic mass is 10.0. The van der Waals surface area contributed by atoms with Gasteiger partial charge in [-0.05, 0) is 40.4 Å². The lowest BCUT2D eigenvalue weighted by Crippen LogP contribution is -1.98. The van der Waals surface area contributed by atoms with Crippen LogP contribution in [0.3, 0.4) is 0 Å². The first kappa shape index (κ1) is 12.2. The number of nitrogens with one attached hydrogen (secondary N) is 1. The molecule has 0 amide bonds. The summed E-state index contributed by atoms with van der Waals surface area (Å²) in [6.45, 7) is 2.16. The fourth-order valence-corrected chi connectivity index (χ4v) is 2.12. The molecular formula is C12H16BrNO. The predicted octanol–water partition coefficient (Wildman–Crippen LogP) is 3.80. The van der Waals surface area contributed by atoms with Crippen LogP contribution in [0.2, 0.25) is 0 Å². The molecular weight excluding hydrogens is 254 g/mol. The monoisotopic (exact) mass is 269 g/mol. The molecule has 2 nitrogen and oxygen atoms in total. The van der Waals surface area contributed by atoms with E-state index in [1.807, 2.05) is 12.1 Å². The highest BCUT2D eigenvalue weighted by Crippen LogP contribution is 2.32. The average molecular weight is 270 g/mol. The molecule has 0 aromatic heterocycles. The molecule has 0 spiro atoms. The molecule has 0 aliphatic carbocycles. The Labute approximate surface area is 99.3 Å². The number of benzene rings is 1. The largest absolute Gasteiger partial charge is 0.495 e. The number of rotatable bonds is 5. The molecule has 0 saturated heterocycles. The molecule has 0 saturated carbocycles.